The van der Waals surface area contributed by atoms with Crippen LogP contribution in [-0.2, 0) is 0 Å². The lowest BCUT2D eigenvalue weighted by Gasteiger charge is -1.95. The molecule has 0 bridgehead atoms. The molecule has 0 aliphatic carbocycles. The van der Waals surface area contributed by atoms with Gasteiger partial charge in [-0.05, 0) is 61.4 Å². The van der Waals surface area contributed by atoms with Gasteiger partial charge in [-0.2, -0.15) is 0 Å². The van der Waals surface area contributed by atoms with Crippen molar-refractivity contribution in [3.05, 3.63) is 57.3 Å². The minimum atomic E-state index is 1.16. The van der Waals surface area contributed by atoms with Crippen LogP contribution in [0.2, 0.25) is 0 Å². The number of hydrogen-bond donors (Lipinski definition) is 0. The zero-order chi connectivity index (χ0) is 18.3. The molecule has 0 radical (unpaired) electrons. The Morgan fingerprint density at radius 2 is 1.00 bits per heavy atom. The summed E-state index contributed by atoms with van der Waals surface area (Å²) in [4.78, 5) is 10.2. The largest absolute Gasteiger partial charge is 0.134 e. The maximum Gasteiger partial charge on any atom is 0.0478 e. The van der Waals surface area contributed by atoms with Crippen LogP contribution in [-0.4, -0.2) is 10.7 Å². The molecule has 130 valence electrons. The van der Waals surface area contributed by atoms with Crippen molar-refractivity contribution in [3.8, 4) is 29.3 Å². The van der Waals surface area contributed by atoms with Crippen LogP contribution in [0.5, 0.6) is 0 Å². The molecular formula is C20H14S6. The molecule has 0 aromatic carbocycles. The summed E-state index contributed by atoms with van der Waals surface area (Å²) in [5.74, 6) is 0. The van der Waals surface area contributed by atoms with E-state index in [0.29, 0.717) is 0 Å². The molecule has 6 heteroatoms. The monoisotopic (exact) mass is 446 g/mol. The Bertz CT molecular complexity index is 1010. The molecule has 4 heterocycles. The molecule has 4 aromatic heterocycles. The zero-order valence-corrected chi connectivity index (χ0v) is 19.0. The van der Waals surface area contributed by atoms with E-state index in [0.717, 1.165) is 9.75 Å². The van der Waals surface area contributed by atoms with Crippen molar-refractivity contribution in [2.24, 2.45) is 0 Å². The van der Waals surface area contributed by atoms with E-state index < -0.39 is 0 Å². The summed E-state index contributed by atoms with van der Waals surface area (Å²) in [5.41, 5.74) is 2.60. The van der Waals surface area contributed by atoms with E-state index in [1.807, 2.05) is 22.7 Å². The van der Waals surface area contributed by atoms with E-state index in [-0.39, 0.29) is 0 Å². The van der Waals surface area contributed by atoms with E-state index in [4.69, 9.17) is 24.4 Å². The summed E-state index contributed by atoms with van der Waals surface area (Å²) < 4.78 is 0. The summed E-state index contributed by atoms with van der Waals surface area (Å²) >= 11 is 17.4. The predicted molar refractivity (Wildman–Crippen MR) is 129 cm³/mol. The molecule has 0 amide bonds. The minimum absolute atomic E-state index is 1.16. The first-order valence-corrected chi connectivity index (χ1v) is 12.1. The molecule has 4 rings (SSSR count). The summed E-state index contributed by atoms with van der Waals surface area (Å²) in [6.07, 6.45) is 0. The Morgan fingerprint density at radius 1 is 0.615 bits per heavy atom. The topological polar surface area (TPSA) is 0 Å². The number of aryl methyl sites for hydroxylation is 2. The van der Waals surface area contributed by atoms with E-state index >= 15 is 0 Å². The molecule has 0 nitrogen and oxygen atoms in total. The van der Waals surface area contributed by atoms with Gasteiger partial charge >= 0.3 is 0 Å². The average Bonchev–Trinajstić information content (AvgIpc) is 3.39. The lowest BCUT2D eigenvalue weighted by atomic mass is 10.2. The second kappa shape index (κ2) is 7.54. The molecule has 26 heavy (non-hydrogen) atoms. The van der Waals surface area contributed by atoms with Crippen molar-refractivity contribution in [2.45, 2.75) is 13.8 Å². The van der Waals surface area contributed by atoms with Crippen molar-refractivity contribution < 1.29 is 0 Å². The number of hydrogen-bond acceptors (Lipinski definition) is 6. The van der Waals surface area contributed by atoms with Gasteiger partial charge < -0.3 is 0 Å². The van der Waals surface area contributed by atoms with Crippen LogP contribution in [0.25, 0.3) is 29.3 Å². The van der Waals surface area contributed by atoms with Gasteiger partial charge in [0.1, 0.15) is 0 Å². The lowest BCUT2D eigenvalue weighted by molar-refractivity contribution is 1.55. The van der Waals surface area contributed by atoms with Crippen LogP contribution in [0.1, 0.15) is 20.9 Å². The fraction of sp³-hybridized carbons (Fsp3) is 0.100. The molecule has 4 aromatic rings. The Hall–Kier alpha value is -1.02. The first-order chi connectivity index (χ1) is 12.6. The molecule has 0 saturated heterocycles. The third kappa shape index (κ3) is 3.42. The Balaban J connectivity index is 1.67. The molecule has 0 aliphatic heterocycles. The van der Waals surface area contributed by atoms with Crippen molar-refractivity contribution in [3.63, 3.8) is 0 Å². The van der Waals surface area contributed by atoms with Crippen LogP contribution in [0, 0.1) is 13.8 Å². The van der Waals surface area contributed by atoms with Crippen molar-refractivity contribution in [1.82, 2.24) is 0 Å². The second-order valence-electron chi connectivity index (χ2n) is 5.89. The standard InChI is InChI=1S/C20H14S6/c1-11-7-13(9-21)23-19(11)17-5-3-15(25-17)16-4-6-18(26-16)20-12(2)8-14(10-22)24-20/h3-10H,1-2H3. The van der Waals surface area contributed by atoms with Gasteiger partial charge in [0.15, 0.2) is 0 Å². The maximum atomic E-state index is 5.08. The van der Waals surface area contributed by atoms with Crippen LogP contribution in [0.3, 0.4) is 0 Å². The van der Waals surface area contributed by atoms with Crippen molar-refractivity contribution in [1.29, 1.82) is 0 Å². The molecule has 0 N–H and O–H groups in total. The van der Waals surface area contributed by atoms with Gasteiger partial charge in [0.05, 0.1) is 0 Å². The quantitative estimate of drug-likeness (QED) is 0.283. The van der Waals surface area contributed by atoms with Gasteiger partial charge in [0, 0.05) is 49.8 Å². The minimum Gasteiger partial charge on any atom is -0.134 e. The van der Waals surface area contributed by atoms with Crippen LogP contribution in [0.15, 0.2) is 36.4 Å². The number of rotatable bonds is 5. The second-order valence-corrected chi connectivity index (χ2v) is 10.7. The fourth-order valence-corrected chi connectivity index (χ4v) is 7.66. The molecule has 0 saturated carbocycles. The summed E-state index contributed by atoms with van der Waals surface area (Å²) in [6, 6.07) is 13.3. The van der Waals surface area contributed by atoms with E-state index in [9.17, 15) is 0 Å². The Kier molecular flexibility index (Phi) is 5.32. The highest BCUT2D eigenvalue weighted by molar-refractivity contribution is 7.79. The van der Waals surface area contributed by atoms with Gasteiger partial charge in [-0.3, -0.25) is 0 Å². The van der Waals surface area contributed by atoms with Crippen LogP contribution in [0.4, 0.5) is 0 Å². The number of thiocarbonyl (C=S) groups is 2. The molecule has 0 spiro atoms. The number of thiophene rings is 4. The predicted octanol–water partition coefficient (Wildman–Crippen LogP) is 8.25. The first-order valence-electron chi connectivity index (χ1n) is 7.91. The fourth-order valence-electron chi connectivity index (χ4n) is 2.80. The molecule has 0 atom stereocenters. The first kappa shape index (κ1) is 18.3. The smallest absolute Gasteiger partial charge is 0.0478 e. The SMILES string of the molecule is Cc1cc(C=S)sc1-c1ccc(-c2ccc(-c3sc(C=S)cc3C)s2)s1. The van der Waals surface area contributed by atoms with Gasteiger partial charge in [-0.1, -0.05) is 24.4 Å². The Morgan fingerprint density at radius 3 is 1.35 bits per heavy atom. The third-order valence-corrected chi connectivity index (χ3v) is 9.91. The van der Waals surface area contributed by atoms with Crippen LogP contribution < -0.4 is 0 Å². The average molecular weight is 447 g/mol. The Labute approximate surface area is 179 Å². The van der Waals surface area contributed by atoms with Crippen LogP contribution >= 0.6 is 69.8 Å². The van der Waals surface area contributed by atoms with Gasteiger partial charge in [-0.25, -0.2) is 0 Å². The van der Waals surface area contributed by atoms with Crippen molar-refractivity contribution in [2.75, 3.05) is 0 Å². The zero-order valence-electron chi connectivity index (χ0n) is 14.1. The highest BCUT2D eigenvalue weighted by Crippen LogP contribution is 2.44. The highest BCUT2D eigenvalue weighted by atomic mass is 32.1. The van der Waals surface area contributed by atoms with E-state index in [2.05, 4.69) is 50.2 Å². The molecular weight excluding hydrogens is 433 g/mol. The van der Waals surface area contributed by atoms with Gasteiger partial charge in [0.2, 0.25) is 0 Å². The van der Waals surface area contributed by atoms with Gasteiger partial charge in [0.25, 0.3) is 0 Å². The highest BCUT2D eigenvalue weighted by Gasteiger charge is 2.14. The summed E-state index contributed by atoms with van der Waals surface area (Å²) in [7, 11) is 0. The normalized spacial score (nSPS) is 11.0. The maximum absolute atomic E-state index is 5.08. The summed E-state index contributed by atoms with van der Waals surface area (Å²) in [6.45, 7) is 4.31. The molecule has 0 aliphatic rings. The van der Waals surface area contributed by atoms with Gasteiger partial charge in [-0.15, -0.1) is 45.3 Å². The molecule has 0 fully saturated rings. The lowest BCUT2D eigenvalue weighted by Crippen LogP contribution is -1.67. The molecule has 0 unspecified atom stereocenters. The third-order valence-electron chi connectivity index (χ3n) is 4.01. The van der Waals surface area contributed by atoms with E-state index in [1.54, 1.807) is 33.4 Å². The summed E-state index contributed by atoms with van der Waals surface area (Å²) in [5, 5.41) is 3.53. The van der Waals surface area contributed by atoms with Crippen molar-refractivity contribution >= 4 is 80.5 Å². The van der Waals surface area contributed by atoms with E-state index in [1.165, 1.54) is 40.4 Å².